The molecular weight excluding hydrogens is 276 g/mol. The number of nitrogens with zero attached hydrogens (tertiary/aromatic N) is 2. The Morgan fingerprint density at radius 3 is 2.59 bits per heavy atom. The minimum atomic E-state index is -0.407. The molecule has 5 heteroatoms. The number of nitriles is 1. The average molecular weight is 294 g/mol. The number of pyridine rings is 1. The van der Waals surface area contributed by atoms with Crippen molar-refractivity contribution >= 4 is 17.4 Å². The lowest BCUT2D eigenvalue weighted by atomic mass is 9.86. The highest BCUT2D eigenvalue weighted by Gasteiger charge is 2.16. The van der Waals surface area contributed by atoms with Crippen LogP contribution < -0.4 is 10.6 Å². The molecule has 0 unspecified atom stereocenters. The molecule has 0 aliphatic carbocycles. The molecule has 5 nitrogen and oxygen atoms in total. The van der Waals surface area contributed by atoms with Crippen LogP contribution in [0.3, 0.4) is 0 Å². The molecule has 1 aromatic carbocycles. The monoisotopic (exact) mass is 294 g/mol. The van der Waals surface area contributed by atoms with Gasteiger partial charge in [0, 0.05) is 6.20 Å². The first-order valence-corrected chi connectivity index (χ1v) is 6.93. The first kappa shape index (κ1) is 15.5. The van der Waals surface area contributed by atoms with Gasteiger partial charge in [-0.15, -0.1) is 0 Å². The zero-order valence-electron chi connectivity index (χ0n) is 12.8. The van der Waals surface area contributed by atoms with E-state index >= 15 is 0 Å². The van der Waals surface area contributed by atoms with E-state index in [1.54, 1.807) is 30.6 Å². The minimum Gasteiger partial charge on any atom is -0.306 e. The molecule has 0 aliphatic rings. The van der Waals surface area contributed by atoms with Crippen molar-refractivity contribution in [2.75, 3.05) is 10.6 Å². The van der Waals surface area contributed by atoms with Crippen molar-refractivity contribution in [2.45, 2.75) is 26.2 Å². The van der Waals surface area contributed by atoms with Gasteiger partial charge in [-0.25, -0.2) is 4.79 Å². The number of rotatable bonds is 2. The molecule has 0 radical (unpaired) electrons. The maximum atomic E-state index is 12.1. The summed E-state index contributed by atoms with van der Waals surface area (Å²) in [6.07, 6.45) is 3.18. The molecule has 0 atom stereocenters. The first-order chi connectivity index (χ1) is 10.4. The molecule has 1 aromatic heterocycles. The number of carbonyl (C=O) groups is 1. The molecule has 2 N–H and O–H groups in total. The van der Waals surface area contributed by atoms with Gasteiger partial charge in [-0.2, -0.15) is 5.26 Å². The van der Waals surface area contributed by atoms with Crippen molar-refractivity contribution in [2.24, 2.45) is 0 Å². The molecule has 112 valence electrons. The van der Waals surface area contributed by atoms with E-state index in [0.717, 1.165) is 5.56 Å². The van der Waals surface area contributed by atoms with E-state index < -0.39 is 6.03 Å². The maximum absolute atomic E-state index is 12.1. The Bertz CT molecular complexity index is 712. The largest absolute Gasteiger partial charge is 0.323 e. The first-order valence-electron chi connectivity index (χ1n) is 6.93. The predicted molar refractivity (Wildman–Crippen MR) is 86.7 cm³/mol. The Kier molecular flexibility index (Phi) is 4.42. The second-order valence-electron chi connectivity index (χ2n) is 5.94. The fraction of sp³-hybridized carbons (Fsp3) is 0.235. The number of aromatic nitrogens is 1. The molecule has 0 spiro atoms. The lowest BCUT2D eigenvalue weighted by Gasteiger charge is -2.20. The van der Waals surface area contributed by atoms with Crippen LogP contribution in [0.4, 0.5) is 16.2 Å². The quantitative estimate of drug-likeness (QED) is 0.881. The van der Waals surface area contributed by atoms with Crippen molar-refractivity contribution in [1.82, 2.24) is 4.98 Å². The van der Waals surface area contributed by atoms with Crippen LogP contribution in [0.5, 0.6) is 0 Å². The van der Waals surface area contributed by atoms with Gasteiger partial charge in [-0.3, -0.25) is 4.98 Å². The van der Waals surface area contributed by atoms with Gasteiger partial charge in [-0.1, -0.05) is 26.8 Å². The van der Waals surface area contributed by atoms with Gasteiger partial charge in [0.25, 0.3) is 0 Å². The van der Waals surface area contributed by atoms with Crippen LogP contribution in [0.25, 0.3) is 0 Å². The molecule has 0 aliphatic heterocycles. The van der Waals surface area contributed by atoms with Gasteiger partial charge < -0.3 is 10.6 Å². The van der Waals surface area contributed by atoms with Crippen LogP contribution in [0.1, 0.15) is 31.9 Å². The lowest BCUT2D eigenvalue weighted by molar-refractivity contribution is 0.262. The summed E-state index contributed by atoms with van der Waals surface area (Å²) in [6, 6.07) is 10.6. The molecule has 0 saturated heterocycles. The zero-order chi connectivity index (χ0) is 16.2. The van der Waals surface area contributed by atoms with Crippen LogP contribution in [0.15, 0.2) is 42.7 Å². The van der Waals surface area contributed by atoms with E-state index in [9.17, 15) is 10.1 Å². The van der Waals surface area contributed by atoms with Crippen LogP contribution in [-0.2, 0) is 5.41 Å². The average Bonchev–Trinajstić information content (AvgIpc) is 2.47. The van der Waals surface area contributed by atoms with Crippen LogP contribution in [0, 0.1) is 11.3 Å². The highest BCUT2D eigenvalue weighted by Crippen LogP contribution is 2.27. The van der Waals surface area contributed by atoms with Crippen molar-refractivity contribution in [3.63, 3.8) is 0 Å². The van der Waals surface area contributed by atoms with E-state index in [2.05, 4.69) is 42.5 Å². The molecule has 2 amide bonds. The summed E-state index contributed by atoms with van der Waals surface area (Å²) in [4.78, 5) is 16.0. The van der Waals surface area contributed by atoms with Gasteiger partial charge in [0.05, 0.1) is 23.1 Å². The van der Waals surface area contributed by atoms with E-state index in [1.807, 2.05) is 12.1 Å². The number of urea groups is 1. The molecule has 0 bridgehead atoms. The number of hydrogen-bond acceptors (Lipinski definition) is 3. The topological polar surface area (TPSA) is 77.8 Å². The van der Waals surface area contributed by atoms with Crippen LogP contribution in [-0.4, -0.2) is 11.0 Å². The number of benzene rings is 1. The third-order valence-electron chi connectivity index (χ3n) is 3.17. The summed E-state index contributed by atoms with van der Waals surface area (Å²) in [5.41, 5.74) is 2.49. The Balaban J connectivity index is 2.21. The molecular formula is C17H18N4O. The van der Waals surface area contributed by atoms with E-state index in [4.69, 9.17) is 0 Å². The fourth-order valence-electron chi connectivity index (χ4n) is 1.93. The fourth-order valence-corrected chi connectivity index (χ4v) is 1.93. The van der Waals surface area contributed by atoms with Gasteiger partial charge in [0.15, 0.2) is 0 Å². The van der Waals surface area contributed by atoms with Crippen molar-refractivity contribution in [3.8, 4) is 6.07 Å². The summed E-state index contributed by atoms with van der Waals surface area (Å²) in [6.45, 7) is 6.23. The summed E-state index contributed by atoms with van der Waals surface area (Å²) in [7, 11) is 0. The highest BCUT2D eigenvalue weighted by atomic mass is 16.2. The highest BCUT2D eigenvalue weighted by molar-refractivity contribution is 6.00. The molecule has 2 aromatic rings. The standard InChI is InChI=1S/C17H18N4O/c1-17(2,3)13-7-6-12(10-18)15(9-13)21-16(22)20-14-5-4-8-19-11-14/h4-9,11H,1-3H3,(H2,20,21,22). The summed E-state index contributed by atoms with van der Waals surface area (Å²) in [5.74, 6) is 0. The zero-order valence-corrected chi connectivity index (χ0v) is 12.8. The minimum absolute atomic E-state index is 0.0652. The summed E-state index contributed by atoms with van der Waals surface area (Å²) < 4.78 is 0. The number of amides is 2. The second kappa shape index (κ2) is 6.27. The number of nitrogens with one attached hydrogen (secondary N) is 2. The third-order valence-corrected chi connectivity index (χ3v) is 3.17. The van der Waals surface area contributed by atoms with Crippen molar-refractivity contribution < 1.29 is 4.79 Å². The van der Waals surface area contributed by atoms with Gasteiger partial charge >= 0.3 is 6.03 Å². The van der Waals surface area contributed by atoms with Crippen LogP contribution in [0.2, 0.25) is 0 Å². The predicted octanol–water partition coefficient (Wildman–Crippen LogP) is 3.89. The van der Waals surface area contributed by atoms with Gasteiger partial charge in [-0.05, 0) is 35.2 Å². The maximum Gasteiger partial charge on any atom is 0.323 e. The Hall–Kier alpha value is -2.87. The third kappa shape index (κ3) is 3.83. The van der Waals surface area contributed by atoms with E-state index in [-0.39, 0.29) is 5.41 Å². The number of carbonyl (C=O) groups excluding carboxylic acids is 1. The normalized spacial score (nSPS) is 10.6. The molecule has 22 heavy (non-hydrogen) atoms. The molecule has 0 fully saturated rings. The SMILES string of the molecule is CC(C)(C)c1ccc(C#N)c(NC(=O)Nc2cccnc2)c1. The molecule has 1 heterocycles. The second-order valence-corrected chi connectivity index (χ2v) is 5.94. The Morgan fingerprint density at radius 1 is 1.23 bits per heavy atom. The van der Waals surface area contributed by atoms with Crippen molar-refractivity contribution in [1.29, 1.82) is 5.26 Å². The molecule has 0 saturated carbocycles. The Labute approximate surface area is 130 Å². The van der Waals surface area contributed by atoms with Crippen LogP contribution >= 0.6 is 0 Å². The van der Waals surface area contributed by atoms with Gasteiger partial charge in [0.2, 0.25) is 0 Å². The summed E-state index contributed by atoms with van der Waals surface area (Å²) >= 11 is 0. The Morgan fingerprint density at radius 2 is 2.00 bits per heavy atom. The smallest absolute Gasteiger partial charge is 0.306 e. The lowest BCUT2D eigenvalue weighted by Crippen LogP contribution is -2.21. The van der Waals surface area contributed by atoms with Gasteiger partial charge in [0.1, 0.15) is 6.07 Å². The molecule has 2 rings (SSSR count). The van der Waals surface area contributed by atoms with Crippen molar-refractivity contribution in [3.05, 3.63) is 53.9 Å². The summed E-state index contributed by atoms with van der Waals surface area (Å²) in [5, 5.41) is 14.6. The number of anilines is 2. The van der Waals surface area contributed by atoms with E-state index in [1.165, 1.54) is 0 Å². The number of hydrogen-bond donors (Lipinski definition) is 2. The van der Waals surface area contributed by atoms with E-state index in [0.29, 0.717) is 16.9 Å².